The largest absolute Gasteiger partial charge is 0.412 e. The van der Waals surface area contributed by atoms with E-state index in [0.717, 1.165) is 17.5 Å². The number of carbonyl (C=O) groups is 1. The molecular formula is C37H47FN2O2. The lowest BCUT2D eigenvalue weighted by atomic mass is 9.80. The van der Waals surface area contributed by atoms with Crippen molar-refractivity contribution in [2.45, 2.75) is 84.0 Å². The number of nitriles is 1. The van der Waals surface area contributed by atoms with E-state index in [0.29, 0.717) is 59.1 Å². The van der Waals surface area contributed by atoms with Crippen LogP contribution in [0.1, 0.15) is 94.2 Å². The van der Waals surface area contributed by atoms with Gasteiger partial charge in [-0.15, -0.1) is 0 Å². The minimum Gasteiger partial charge on any atom is -0.412 e. The fourth-order valence-corrected chi connectivity index (χ4v) is 5.92. The normalized spacial score (nSPS) is 17.5. The molecule has 5 heteroatoms. The molecule has 1 aliphatic rings. The molecule has 0 amide bonds. The Kier molecular flexibility index (Phi) is 14.7. The highest BCUT2D eigenvalue weighted by Crippen LogP contribution is 2.36. The quantitative estimate of drug-likeness (QED) is 0.140. The van der Waals surface area contributed by atoms with Crippen LogP contribution in [0.3, 0.4) is 0 Å². The molecule has 2 aromatic carbocycles. The van der Waals surface area contributed by atoms with Crippen LogP contribution in [-0.2, 0) is 11.2 Å². The van der Waals surface area contributed by atoms with Crippen LogP contribution >= 0.6 is 0 Å². The highest BCUT2D eigenvalue weighted by Gasteiger charge is 2.25. The molecule has 224 valence electrons. The SMILES string of the molecule is C=C(CCc1cccc(F)c1)/C(N)=C(/C=C\C(=C)c1ccccc1C#N)C(=O)CCC1CCCCCC1CCCC.O. The number of hydrogen-bond acceptors (Lipinski definition) is 3. The zero-order valence-corrected chi connectivity index (χ0v) is 25.1. The molecule has 0 saturated heterocycles. The summed E-state index contributed by atoms with van der Waals surface area (Å²) in [6.45, 7) is 10.6. The average molecular weight is 571 g/mol. The smallest absolute Gasteiger partial charge is 0.164 e. The van der Waals surface area contributed by atoms with Crippen LogP contribution in [0.15, 0.2) is 90.7 Å². The standard InChI is InChI=1S/C37H45FN2O.H2O/c1-4-5-13-30-14-7-6-8-15-31(30)22-24-36(41)35(23-20-27(2)34-18-10-9-16-32(34)26-39)37(40)28(3)19-21-29-12-11-17-33(38)25-29;/h9-12,16-18,20,23,25,30-31H,2-8,13-15,19,21-22,24,40H2,1H3;1H2/b23-20-,37-35+;. The van der Waals surface area contributed by atoms with Crippen LogP contribution in [0.4, 0.5) is 4.39 Å². The van der Waals surface area contributed by atoms with Crippen molar-refractivity contribution in [3.05, 3.63) is 113 Å². The molecule has 1 aliphatic carbocycles. The summed E-state index contributed by atoms with van der Waals surface area (Å²) in [4.78, 5) is 13.8. The van der Waals surface area contributed by atoms with Crippen molar-refractivity contribution in [1.82, 2.24) is 0 Å². The van der Waals surface area contributed by atoms with Gasteiger partial charge in [0.15, 0.2) is 5.78 Å². The highest BCUT2D eigenvalue weighted by molar-refractivity contribution is 6.00. The predicted octanol–water partition coefficient (Wildman–Crippen LogP) is 8.58. The first-order valence-electron chi connectivity index (χ1n) is 15.2. The lowest BCUT2D eigenvalue weighted by Gasteiger charge is -2.25. The molecule has 4 nitrogen and oxygen atoms in total. The Hall–Kier alpha value is -3.75. The fraction of sp³-hybridized carbons (Fsp3) is 0.405. The molecule has 2 unspecified atom stereocenters. The van der Waals surface area contributed by atoms with Crippen molar-refractivity contribution in [2.75, 3.05) is 0 Å². The van der Waals surface area contributed by atoms with Crippen molar-refractivity contribution in [1.29, 1.82) is 5.26 Å². The minimum absolute atomic E-state index is 0. The number of benzene rings is 2. The Bertz CT molecular complexity index is 1320. The number of aryl methyl sites for hydroxylation is 1. The molecule has 1 fully saturated rings. The van der Waals surface area contributed by atoms with E-state index in [4.69, 9.17) is 5.73 Å². The summed E-state index contributed by atoms with van der Waals surface area (Å²) >= 11 is 0. The van der Waals surface area contributed by atoms with E-state index in [1.165, 1.54) is 63.5 Å². The van der Waals surface area contributed by atoms with Crippen LogP contribution in [0, 0.1) is 29.0 Å². The number of ketones is 1. The molecule has 0 bridgehead atoms. The molecule has 42 heavy (non-hydrogen) atoms. The number of hydrogen-bond donors (Lipinski definition) is 1. The maximum Gasteiger partial charge on any atom is 0.164 e. The van der Waals surface area contributed by atoms with Gasteiger partial charge in [-0.05, 0) is 77.6 Å². The first kappa shape index (κ1) is 34.5. The van der Waals surface area contributed by atoms with Crippen molar-refractivity contribution < 1.29 is 14.7 Å². The van der Waals surface area contributed by atoms with E-state index >= 15 is 0 Å². The highest BCUT2D eigenvalue weighted by atomic mass is 19.1. The number of nitrogens with two attached hydrogens (primary N) is 1. The molecule has 0 aromatic heterocycles. The van der Waals surface area contributed by atoms with Gasteiger partial charge in [0.1, 0.15) is 5.82 Å². The summed E-state index contributed by atoms with van der Waals surface area (Å²) in [5, 5.41) is 9.52. The molecule has 0 radical (unpaired) electrons. The van der Waals surface area contributed by atoms with E-state index in [1.54, 1.807) is 24.3 Å². The van der Waals surface area contributed by atoms with Gasteiger partial charge in [0.2, 0.25) is 0 Å². The Morgan fingerprint density at radius 3 is 2.43 bits per heavy atom. The number of unbranched alkanes of at least 4 members (excludes halogenated alkanes) is 1. The van der Waals surface area contributed by atoms with Gasteiger partial charge in [-0.2, -0.15) is 5.26 Å². The van der Waals surface area contributed by atoms with Crippen molar-refractivity contribution >= 4 is 11.4 Å². The van der Waals surface area contributed by atoms with Gasteiger partial charge >= 0.3 is 0 Å². The zero-order valence-electron chi connectivity index (χ0n) is 25.1. The van der Waals surface area contributed by atoms with E-state index in [9.17, 15) is 14.4 Å². The van der Waals surface area contributed by atoms with Gasteiger partial charge in [-0.1, -0.05) is 108 Å². The summed E-state index contributed by atoms with van der Waals surface area (Å²) in [7, 11) is 0. The van der Waals surface area contributed by atoms with Gasteiger partial charge in [0.05, 0.1) is 11.6 Å². The van der Waals surface area contributed by atoms with Crippen LogP contribution in [-0.4, -0.2) is 11.3 Å². The van der Waals surface area contributed by atoms with Crippen molar-refractivity contribution in [3.8, 4) is 6.07 Å². The monoisotopic (exact) mass is 570 g/mol. The number of carbonyl (C=O) groups excluding carboxylic acids is 1. The maximum atomic E-state index is 13.8. The summed E-state index contributed by atoms with van der Waals surface area (Å²) in [6, 6.07) is 16.0. The van der Waals surface area contributed by atoms with Crippen molar-refractivity contribution in [2.24, 2.45) is 17.6 Å². The molecule has 0 aliphatic heterocycles. The maximum absolute atomic E-state index is 13.8. The summed E-state index contributed by atoms with van der Waals surface area (Å²) in [5.74, 6) is 0.982. The van der Waals surface area contributed by atoms with Gasteiger partial charge in [-0.3, -0.25) is 4.79 Å². The summed E-state index contributed by atoms with van der Waals surface area (Å²) in [6.07, 6.45) is 15.9. The Balaban J connectivity index is 0.00000616. The third-order valence-corrected chi connectivity index (χ3v) is 8.41. The third-order valence-electron chi connectivity index (χ3n) is 8.41. The lowest BCUT2D eigenvalue weighted by molar-refractivity contribution is -0.115. The van der Waals surface area contributed by atoms with Crippen LogP contribution in [0.2, 0.25) is 0 Å². The Morgan fingerprint density at radius 2 is 1.74 bits per heavy atom. The topological polar surface area (TPSA) is 98.4 Å². The zero-order chi connectivity index (χ0) is 29.6. The second-order valence-corrected chi connectivity index (χ2v) is 11.3. The van der Waals surface area contributed by atoms with Crippen molar-refractivity contribution in [3.63, 3.8) is 0 Å². The number of rotatable bonds is 14. The Morgan fingerprint density at radius 1 is 1.02 bits per heavy atom. The first-order valence-corrected chi connectivity index (χ1v) is 15.2. The second kappa shape index (κ2) is 17.9. The van der Waals surface area contributed by atoms with E-state index < -0.39 is 0 Å². The van der Waals surface area contributed by atoms with Gasteiger partial charge in [0.25, 0.3) is 0 Å². The molecular weight excluding hydrogens is 523 g/mol. The molecule has 2 atom stereocenters. The third kappa shape index (κ3) is 10.3. The van der Waals surface area contributed by atoms with Gasteiger partial charge < -0.3 is 11.2 Å². The average Bonchev–Trinajstić information content (AvgIpc) is 3.22. The van der Waals surface area contributed by atoms with Crippen LogP contribution in [0.25, 0.3) is 5.57 Å². The van der Waals surface area contributed by atoms with Crippen LogP contribution in [0.5, 0.6) is 0 Å². The van der Waals surface area contributed by atoms with E-state index in [2.05, 4.69) is 26.2 Å². The number of halogens is 1. The van der Waals surface area contributed by atoms with Gasteiger partial charge in [-0.25, -0.2) is 4.39 Å². The Labute approximate surface area is 251 Å². The fourth-order valence-electron chi connectivity index (χ4n) is 5.92. The lowest BCUT2D eigenvalue weighted by Crippen LogP contribution is -2.17. The number of allylic oxidation sites excluding steroid dienone is 5. The molecule has 1 saturated carbocycles. The van der Waals surface area contributed by atoms with E-state index in [-0.39, 0.29) is 17.1 Å². The predicted molar refractivity (Wildman–Crippen MR) is 172 cm³/mol. The second-order valence-electron chi connectivity index (χ2n) is 11.3. The molecule has 2 aromatic rings. The molecule has 0 heterocycles. The summed E-state index contributed by atoms with van der Waals surface area (Å²) < 4.78 is 13.7. The molecule has 4 N–H and O–H groups in total. The molecule has 3 rings (SSSR count). The molecule has 0 spiro atoms. The van der Waals surface area contributed by atoms with Gasteiger partial charge in [0, 0.05) is 17.7 Å². The number of Topliss-reactive ketones (excluding diaryl/α,β-unsaturated/α-hetero) is 1. The summed E-state index contributed by atoms with van der Waals surface area (Å²) in [5.41, 5.74) is 10.8. The van der Waals surface area contributed by atoms with E-state index in [1.807, 2.05) is 24.3 Å². The minimum atomic E-state index is -0.276. The van der Waals surface area contributed by atoms with Crippen LogP contribution < -0.4 is 5.73 Å². The first-order chi connectivity index (χ1) is 19.8. The number of nitrogens with zero attached hydrogens (tertiary/aromatic N) is 1.